The molecule has 1 aromatic carbocycles. The maximum absolute atomic E-state index is 5.99. The predicted octanol–water partition coefficient (Wildman–Crippen LogP) is 4.57. The summed E-state index contributed by atoms with van der Waals surface area (Å²) in [5.41, 5.74) is 2.59. The minimum atomic E-state index is 0.495. The fourth-order valence-electron chi connectivity index (χ4n) is 1.69. The molecule has 0 aliphatic rings. The highest BCUT2D eigenvalue weighted by atomic mass is 35.5. The molecular formula is C14H16ClNS. The van der Waals surface area contributed by atoms with Gasteiger partial charge in [-0.15, -0.1) is 11.3 Å². The summed E-state index contributed by atoms with van der Waals surface area (Å²) in [6.45, 7) is 5.21. The van der Waals surface area contributed by atoms with Gasteiger partial charge in [-0.3, -0.25) is 0 Å². The van der Waals surface area contributed by atoms with E-state index in [0.717, 1.165) is 10.9 Å². The zero-order valence-corrected chi connectivity index (χ0v) is 11.6. The van der Waals surface area contributed by atoms with Gasteiger partial charge in [0.25, 0.3) is 0 Å². The van der Waals surface area contributed by atoms with Gasteiger partial charge >= 0.3 is 0 Å². The Morgan fingerprint density at radius 2 is 1.94 bits per heavy atom. The molecule has 0 spiro atoms. The minimum absolute atomic E-state index is 0.495. The van der Waals surface area contributed by atoms with Crippen molar-refractivity contribution in [3.05, 3.63) is 46.3 Å². The Labute approximate surface area is 111 Å². The zero-order valence-electron chi connectivity index (χ0n) is 10.0. The van der Waals surface area contributed by atoms with Gasteiger partial charge in [0.1, 0.15) is 0 Å². The Morgan fingerprint density at radius 3 is 2.59 bits per heavy atom. The van der Waals surface area contributed by atoms with E-state index in [4.69, 9.17) is 11.6 Å². The van der Waals surface area contributed by atoms with E-state index in [1.807, 2.05) is 6.07 Å². The van der Waals surface area contributed by atoms with Crippen LogP contribution in [0.3, 0.4) is 0 Å². The number of nitrogens with one attached hydrogen (secondary N) is 1. The summed E-state index contributed by atoms with van der Waals surface area (Å²) in [7, 11) is 0. The van der Waals surface area contributed by atoms with E-state index in [0.29, 0.717) is 6.04 Å². The number of thiophene rings is 1. The Hall–Kier alpha value is -0.830. The van der Waals surface area contributed by atoms with Gasteiger partial charge in [0.15, 0.2) is 0 Å². The van der Waals surface area contributed by atoms with Crippen LogP contribution >= 0.6 is 22.9 Å². The summed E-state index contributed by atoms with van der Waals surface area (Å²) in [5.74, 6) is 0. The lowest BCUT2D eigenvalue weighted by Gasteiger charge is -2.11. The van der Waals surface area contributed by atoms with Crippen LogP contribution < -0.4 is 5.32 Å². The Bertz CT molecular complexity index is 490. The van der Waals surface area contributed by atoms with Gasteiger partial charge in [-0.2, -0.15) is 0 Å². The number of rotatable bonds is 4. The van der Waals surface area contributed by atoms with Crippen LogP contribution in [0.1, 0.15) is 19.4 Å². The molecule has 1 heterocycles. The topological polar surface area (TPSA) is 12.0 Å². The molecule has 0 saturated heterocycles. The van der Waals surface area contributed by atoms with Crippen molar-refractivity contribution >= 4 is 22.9 Å². The third-order valence-corrected chi connectivity index (χ3v) is 3.82. The highest BCUT2D eigenvalue weighted by molar-refractivity contribution is 7.19. The molecule has 2 rings (SSSR count). The van der Waals surface area contributed by atoms with Crippen molar-refractivity contribution in [2.45, 2.75) is 26.4 Å². The molecule has 0 unspecified atom stereocenters. The van der Waals surface area contributed by atoms with Gasteiger partial charge in [0.05, 0.1) is 4.34 Å². The van der Waals surface area contributed by atoms with Gasteiger partial charge < -0.3 is 5.32 Å². The van der Waals surface area contributed by atoms with Crippen molar-refractivity contribution in [1.82, 2.24) is 5.32 Å². The number of benzene rings is 1. The van der Waals surface area contributed by atoms with E-state index in [2.05, 4.69) is 49.5 Å². The predicted molar refractivity (Wildman–Crippen MR) is 76.7 cm³/mol. The van der Waals surface area contributed by atoms with Crippen LogP contribution in [-0.2, 0) is 6.54 Å². The summed E-state index contributed by atoms with van der Waals surface area (Å²) in [6.07, 6.45) is 0. The first-order valence-electron chi connectivity index (χ1n) is 5.74. The van der Waals surface area contributed by atoms with Crippen molar-refractivity contribution < 1.29 is 0 Å². The van der Waals surface area contributed by atoms with Crippen molar-refractivity contribution in [2.24, 2.45) is 0 Å². The van der Waals surface area contributed by atoms with Gasteiger partial charge in [0.2, 0.25) is 0 Å². The van der Waals surface area contributed by atoms with Gasteiger partial charge in [-0.25, -0.2) is 0 Å². The normalized spacial score (nSPS) is 11.1. The monoisotopic (exact) mass is 265 g/mol. The standard InChI is InChI=1S/C14H16ClNS/c1-10(2)16-9-11-5-3-4-6-12(11)13-7-8-14(15)17-13/h3-8,10,16H,9H2,1-2H3. The molecule has 1 nitrogen and oxygen atoms in total. The second-order valence-electron chi connectivity index (χ2n) is 4.30. The van der Waals surface area contributed by atoms with Crippen LogP contribution in [0.15, 0.2) is 36.4 Å². The third kappa shape index (κ3) is 3.32. The molecule has 90 valence electrons. The molecule has 0 amide bonds. The molecule has 2 aromatic rings. The Morgan fingerprint density at radius 1 is 1.18 bits per heavy atom. The van der Waals surface area contributed by atoms with E-state index in [9.17, 15) is 0 Å². The molecule has 0 aliphatic carbocycles. The highest BCUT2D eigenvalue weighted by Gasteiger charge is 2.07. The fourth-order valence-corrected chi connectivity index (χ4v) is 2.79. The van der Waals surface area contributed by atoms with Crippen molar-refractivity contribution in [3.8, 4) is 10.4 Å². The van der Waals surface area contributed by atoms with E-state index >= 15 is 0 Å². The molecule has 0 saturated carbocycles. The quantitative estimate of drug-likeness (QED) is 0.854. The highest BCUT2D eigenvalue weighted by Crippen LogP contribution is 2.32. The van der Waals surface area contributed by atoms with E-state index in [-0.39, 0.29) is 0 Å². The molecular weight excluding hydrogens is 250 g/mol. The Balaban J connectivity index is 2.27. The number of hydrogen-bond acceptors (Lipinski definition) is 2. The average molecular weight is 266 g/mol. The Kier molecular flexibility index (Phi) is 4.21. The van der Waals surface area contributed by atoms with Crippen LogP contribution in [-0.4, -0.2) is 6.04 Å². The maximum Gasteiger partial charge on any atom is 0.0934 e. The van der Waals surface area contributed by atoms with Crippen molar-refractivity contribution in [1.29, 1.82) is 0 Å². The first-order valence-corrected chi connectivity index (χ1v) is 6.93. The van der Waals surface area contributed by atoms with E-state index in [1.54, 1.807) is 11.3 Å². The van der Waals surface area contributed by atoms with Crippen LogP contribution in [0.5, 0.6) is 0 Å². The zero-order chi connectivity index (χ0) is 12.3. The molecule has 17 heavy (non-hydrogen) atoms. The van der Waals surface area contributed by atoms with E-state index < -0.39 is 0 Å². The average Bonchev–Trinajstić information content (AvgIpc) is 2.73. The molecule has 3 heteroatoms. The van der Waals surface area contributed by atoms with Crippen molar-refractivity contribution in [2.75, 3.05) is 0 Å². The molecule has 0 aliphatic heterocycles. The van der Waals surface area contributed by atoms with Gasteiger partial charge in [-0.05, 0) is 23.3 Å². The molecule has 0 bridgehead atoms. The van der Waals surface area contributed by atoms with Crippen LogP contribution in [0, 0.1) is 0 Å². The SMILES string of the molecule is CC(C)NCc1ccccc1-c1ccc(Cl)s1. The second kappa shape index (κ2) is 5.67. The number of hydrogen-bond donors (Lipinski definition) is 1. The minimum Gasteiger partial charge on any atom is -0.310 e. The fraction of sp³-hybridized carbons (Fsp3) is 0.286. The lowest BCUT2D eigenvalue weighted by Crippen LogP contribution is -2.22. The van der Waals surface area contributed by atoms with Crippen LogP contribution in [0.4, 0.5) is 0 Å². The number of halogens is 1. The summed E-state index contributed by atoms with van der Waals surface area (Å²) in [5, 5.41) is 3.45. The smallest absolute Gasteiger partial charge is 0.0934 e. The van der Waals surface area contributed by atoms with Gasteiger partial charge in [-0.1, -0.05) is 49.7 Å². The third-order valence-electron chi connectivity index (χ3n) is 2.56. The largest absolute Gasteiger partial charge is 0.310 e. The first kappa shape index (κ1) is 12.6. The summed E-state index contributed by atoms with van der Waals surface area (Å²) < 4.78 is 0.839. The lowest BCUT2D eigenvalue weighted by molar-refractivity contribution is 0.589. The van der Waals surface area contributed by atoms with Crippen LogP contribution in [0.2, 0.25) is 4.34 Å². The maximum atomic E-state index is 5.99. The van der Waals surface area contributed by atoms with E-state index in [1.165, 1.54) is 16.0 Å². The molecule has 0 fully saturated rings. The molecule has 0 atom stereocenters. The summed E-state index contributed by atoms with van der Waals surface area (Å²) in [4.78, 5) is 1.23. The summed E-state index contributed by atoms with van der Waals surface area (Å²) in [6, 6.07) is 13.0. The lowest BCUT2D eigenvalue weighted by atomic mass is 10.1. The summed E-state index contributed by atoms with van der Waals surface area (Å²) >= 11 is 7.62. The van der Waals surface area contributed by atoms with Crippen LogP contribution in [0.25, 0.3) is 10.4 Å². The van der Waals surface area contributed by atoms with Crippen molar-refractivity contribution in [3.63, 3.8) is 0 Å². The molecule has 0 radical (unpaired) electrons. The second-order valence-corrected chi connectivity index (χ2v) is 6.01. The van der Waals surface area contributed by atoms with Gasteiger partial charge in [0, 0.05) is 17.5 Å². The molecule has 1 aromatic heterocycles. The molecule has 1 N–H and O–H groups in total. The first-order chi connectivity index (χ1) is 8.16.